The van der Waals surface area contributed by atoms with Crippen molar-refractivity contribution >= 4 is 11.6 Å². The number of nitrogens with one attached hydrogen (secondary N) is 2. The zero-order chi connectivity index (χ0) is 10.5. The fourth-order valence-corrected chi connectivity index (χ4v) is 2.05. The van der Waals surface area contributed by atoms with Crippen molar-refractivity contribution in [1.29, 1.82) is 0 Å². The molecule has 0 bridgehead atoms. The second-order valence-corrected chi connectivity index (χ2v) is 4.49. The molecule has 1 aliphatic heterocycles. The summed E-state index contributed by atoms with van der Waals surface area (Å²) < 4.78 is 0. The molecule has 1 aromatic rings. The quantitative estimate of drug-likeness (QED) is 0.820. The highest BCUT2D eigenvalue weighted by atomic mass is 35.5. The van der Waals surface area contributed by atoms with Crippen LogP contribution in [0.2, 0.25) is 5.02 Å². The van der Waals surface area contributed by atoms with Gasteiger partial charge in [0.15, 0.2) is 0 Å². The fourth-order valence-electron chi connectivity index (χ4n) is 1.92. The third-order valence-electron chi connectivity index (χ3n) is 2.80. The summed E-state index contributed by atoms with van der Waals surface area (Å²) in [5.74, 6) is 0. The first kappa shape index (κ1) is 10.9. The number of halogens is 1. The van der Waals surface area contributed by atoms with Crippen molar-refractivity contribution in [1.82, 2.24) is 10.6 Å². The fraction of sp³-hybridized carbons (Fsp3) is 0.500. The average Bonchev–Trinajstić information content (AvgIpc) is 2.74. The van der Waals surface area contributed by atoms with Crippen LogP contribution in [0.3, 0.4) is 0 Å². The molecule has 0 saturated carbocycles. The molecule has 82 valence electrons. The number of hydrogen-bond donors (Lipinski definition) is 2. The highest BCUT2D eigenvalue weighted by Crippen LogP contribution is 2.09. The van der Waals surface area contributed by atoms with Crippen LogP contribution >= 0.6 is 11.6 Å². The Morgan fingerprint density at radius 1 is 1.33 bits per heavy atom. The van der Waals surface area contributed by atoms with Gasteiger partial charge in [0, 0.05) is 24.2 Å². The van der Waals surface area contributed by atoms with Crippen LogP contribution in [-0.2, 0) is 6.54 Å². The minimum atomic E-state index is 0.664. The molecule has 0 radical (unpaired) electrons. The van der Waals surface area contributed by atoms with Crippen molar-refractivity contribution in [2.75, 3.05) is 13.1 Å². The summed E-state index contributed by atoms with van der Waals surface area (Å²) in [6.45, 7) is 3.16. The maximum absolute atomic E-state index is 5.82. The van der Waals surface area contributed by atoms with E-state index < -0.39 is 0 Å². The van der Waals surface area contributed by atoms with Crippen molar-refractivity contribution in [2.24, 2.45) is 0 Å². The summed E-state index contributed by atoms with van der Waals surface area (Å²) in [5.41, 5.74) is 1.29. The Kier molecular flexibility index (Phi) is 4.01. The van der Waals surface area contributed by atoms with E-state index in [4.69, 9.17) is 11.6 Å². The second kappa shape index (κ2) is 5.50. The Labute approximate surface area is 96.0 Å². The van der Waals surface area contributed by atoms with Gasteiger partial charge in [-0.3, -0.25) is 0 Å². The van der Waals surface area contributed by atoms with Crippen molar-refractivity contribution in [3.05, 3.63) is 34.9 Å². The van der Waals surface area contributed by atoms with E-state index in [9.17, 15) is 0 Å². The highest BCUT2D eigenvalue weighted by Gasteiger charge is 2.12. The van der Waals surface area contributed by atoms with Crippen molar-refractivity contribution in [3.63, 3.8) is 0 Å². The first-order chi connectivity index (χ1) is 7.34. The molecule has 0 aliphatic carbocycles. The molecule has 1 atom stereocenters. The van der Waals surface area contributed by atoms with Crippen LogP contribution in [0.4, 0.5) is 0 Å². The van der Waals surface area contributed by atoms with Crippen molar-refractivity contribution in [2.45, 2.75) is 25.4 Å². The molecule has 1 heterocycles. The van der Waals surface area contributed by atoms with Crippen LogP contribution in [0, 0.1) is 0 Å². The highest BCUT2D eigenvalue weighted by molar-refractivity contribution is 6.30. The first-order valence-electron chi connectivity index (χ1n) is 5.53. The van der Waals surface area contributed by atoms with E-state index in [1.807, 2.05) is 12.1 Å². The van der Waals surface area contributed by atoms with Gasteiger partial charge in [0.05, 0.1) is 0 Å². The standard InChI is InChI=1S/C12H17ClN2/c13-11-5-3-10(4-6-11)8-14-9-12-2-1-7-15-12/h3-6,12,14-15H,1-2,7-9H2/t12-/m0/s1. The summed E-state index contributed by atoms with van der Waals surface area (Å²) in [6, 6.07) is 8.67. The van der Waals surface area contributed by atoms with E-state index in [1.54, 1.807) is 0 Å². The van der Waals surface area contributed by atoms with E-state index in [-0.39, 0.29) is 0 Å². The molecular formula is C12H17ClN2. The van der Waals surface area contributed by atoms with Crippen LogP contribution in [0.15, 0.2) is 24.3 Å². The Bertz CT molecular complexity index is 291. The number of hydrogen-bond acceptors (Lipinski definition) is 2. The van der Waals surface area contributed by atoms with Gasteiger partial charge in [-0.15, -0.1) is 0 Å². The number of rotatable bonds is 4. The molecule has 0 aromatic heterocycles. The minimum absolute atomic E-state index is 0.664. The van der Waals surface area contributed by atoms with Crippen LogP contribution in [-0.4, -0.2) is 19.1 Å². The molecular weight excluding hydrogens is 208 g/mol. The third kappa shape index (κ3) is 3.49. The van der Waals surface area contributed by atoms with Gasteiger partial charge in [-0.25, -0.2) is 0 Å². The van der Waals surface area contributed by atoms with Crippen molar-refractivity contribution < 1.29 is 0 Å². The first-order valence-corrected chi connectivity index (χ1v) is 5.91. The lowest BCUT2D eigenvalue weighted by molar-refractivity contribution is 0.536. The Balaban J connectivity index is 1.71. The van der Waals surface area contributed by atoms with Gasteiger partial charge in [-0.2, -0.15) is 0 Å². The lowest BCUT2D eigenvalue weighted by Gasteiger charge is -2.11. The van der Waals surface area contributed by atoms with E-state index in [2.05, 4.69) is 22.8 Å². The molecule has 0 unspecified atom stereocenters. The average molecular weight is 225 g/mol. The molecule has 2 rings (SSSR count). The molecule has 15 heavy (non-hydrogen) atoms. The molecule has 1 fully saturated rings. The molecule has 1 aromatic carbocycles. The summed E-state index contributed by atoms with van der Waals surface area (Å²) in [4.78, 5) is 0. The maximum Gasteiger partial charge on any atom is 0.0406 e. The predicted molar refractivity (Wildman–Crippen MR) is 64.2 cm³/mol. The Hall–Kier alpha value is -0.570. The van der Waals surface area contributed by atoms with Gasteiger partial charge >= 0.3 is 0 Å². The zero-order valence-corrected chi connectivity index (χ0v) is 9.56. The predicted octanol–water partition coefficient (Wildman–Crippen LogP) is 2.18. The summed E-state index contributed by atoms with van der Waals surface area (Å²) in [5, 5.41) is 7.73. The summed E-state index contributed by atoms with van der Waals surface area (Å²) >= 11 is 5.82. The topological polar surface area (TPSA) is 24.1 Å². The van der Waals surface area contributed by atoms with Gasteiger partial charge in [-0.05, 0) is 37.1 Å². The number of benzene rings is 1. The smallest absolute Gasteiger partial charge is 0.0406 e. The largest absolute Gasteiger partial charge is 0.313 e. The van der Waals surface area contributed by atoms with E-state index in [0.717, 1.165) is 18.1 Å². The summed E-state index contributed by atoms with van der Waals surface area (Å²) in [7, 11) is 0. The minimum Gasteiger partial charge on any atom is -0.313 e. The van der Waals surface area contributed by atoms with Crippen LogP contribution in [0.25, 0.3) is 0 Å². The van der Waals surface area contributed by atoms with Gasteiger partial charge in [0.1, 0.15) is 0 Å². The zero-order valence-electron chi connectivity index (χ0n) is 8.80. The molecule has 1 aliphatic rings. The van der Waals surface area contributed by atoms with E-state index in [0.29, 0.717) is 6.04 Å². The van der Waals surface area contributed by atoms with Gasteiger partial charge in [-0.1, -0.05) is 23.7 Å². The van der Waals surface area contributed by atoms with Gasteiger partial charge in [0.25, 0.3) is 0 Å². The monoisotopic (exact) mass is 224 g/mol. The lowest BCUT2D eigenvalue weighted by atomic mass is 10.2. The van der Waals surface area contributed by atoms with Crippen LogP contribution in [0.1, 0.15) is 18.4 Å². The normalized spacial score (nSPS) is 20.7. The Morgan fingerprint density at radius 2 is 2.13 bits per heavy atom. The molecule has 2 nitrogen and oxygen atoms in total. The van der Waals surface area contributed by atoms with Gasteiger partial charge < -0.3 is 10.6 Å². The van der Waals surface area contributed by atoms with Crippen molar-refractivity contribution in [3.8, 4) is 0 Å². The van der Waals surface area contributed by atoms with Crippen LogP contribution < -0.4 is 10.6 Å². The summed E-state index contributed by atoms with van der Waals surface area (Å²) in [6.07, 6.45) is 2.61. The van der Waals surface area contributed by atoms with Crippen LogP contribution in [0.5, 0.6) is 0 Å². The molecule has 0 spiro atoms. The molecule has 0 amide bonds. The second-order valence-electron chi connectivity index (χ2n) is 4.05. The van der Waals surface area contributed by atoms with Gasteiger partial charge in [0.2, 0.25) is 0 Å². The van der Waals surface area contributed by atoms with E-state index >= 15 is 0 Å². The molecule has 2 N–H and O–H groups in total. The Morgan fingerprint density at radius 3 is 2.80 bits per heavy atom. The lowest BCUT2D eigenvalue weighted by Crippen LogP contribution is -2.33. The molecule has 1 saturated heterocycles. The SMILES string of the molecule is Clc1ccc(CNC[C@@H]2CCCN2)cc1. The third-order valence-corrected chi connectivity index (χ3v) is 3.05. The molecule has 3 heteroatoms. The maximum atomic E-state index is 5.82. The van der Waals surface area contributed by atoms with E-state index in [1.165, 1.54) is 24.9 Å².